The molecule has 2 aliphatic rings. The van der Waals surface area contributed by atoms with E-state index < -0.39 is 11.6 Å². The number of urea groups is 1. The van der Waals surface area contributed by atoms with E-state index in [2.05, 4.69) is 24.5 Å². The van der Waals surface area contributed by atoms with Gasteiger partial charge in [0.2, 0.25) is 5.91 Å². The van der Waals surface area contributed by atoms with E-state index in [4.69, 9.17) is 5.73 Å². The summed E-state index contributed by atoms with van der Waals surface area (Å²) in [5.41, 5.74) is 4.70. The van der Waals surface area contributed by atoms with Gasteiger partial charge in [-0.1, -0.05) is 13.8 Å². The zero-order valence-corrected chi connectivity index (χ0v) is 12.7. The van der Waals surface area contributed by atoms with Crippen LogP contribution in [0.2, 0.25) is 0 Å². The van der Waals surface area contributed by atoms with Gasteiger partial charge >= 0.3 is 6.03 Å². The molecule has 2 rings (SSSR count). The molecule has 7 heteroatoms. The second-order valence-corrected chi connectivity index (χ2v) is 6.76. The maximum absolute atomic E-state index is 12.3. The highest BCUT2D eigenvalue weighted by Crippen LogP contribution is 2.29. The molecule has 21 heavy (non-hydrogen) atoms. The number of likely N-dealkylation sites (tertiary alicyclic amines) is 1. The molecule has 0 radical (unpaired) electrons. The van der Waals surface area contributed by atoms with E-state index in [9.17, 15) is 14.4 Å². The highest BCUT2D eigenvalue weighted by Gasteiger charge is 2.51. The summed E-state index contributed by atoms with van der Waals surface area (Å²) in [6.07, 6.45) is 2.56. The van der Waals surface area contributed by atoms with Crippen LogP contribution in [-0.4, -0.2) is 47.9 Å². The van der Waals surface area contributed by atoms with Crippen molar-refractivity contribution in [1.82, 2.24) is 15.5 Å². The van der Waals surface area contributed by atoms with Gasteiger partial charge in [0, 0.05) is 13.0 Å². The van der Waals surface area contributed by atoms with Crippen molar-refractivity contribution in [2.45, 2.75) is 45.1 Å². The van der Waals surface area contributed by atoms with Gasteiger partial charge in [0.1, 0.15) is 5.54 Å². The lowest BCUT2D eigenvalue weighted by atomic mass is 9.84. The largest absolute Gasteiger partial charge is 0.340 e. The molecule has 2 heterocycles. The molecule has 2 aliphatic heterocycles. The molecule has 118 valence electrons. The standard InChI is InChI=1S/C14H24N4O3/c1-13(2,5-7-15)4-3-10(19)18-8-6-14(9-18)11(20)16-12(21)17-14/h3-9,15H2,1-2H3,(H2,16,17,20,21). The van der Waals surface area contributed by atoms with Gasteiger partial charge in [0.15, 0.2) is 0 Å². The average molecular weight is 296 g/mol. The minimum absolute atomic E-state index is 0.0333. The first-order valence-electron chi connectivity index (χ1n) is 7.39. The Kier molecular flexibility index (Phi) is 4.22. The Morgan fingerprint density at radius 1 is 1.38 bits per heavy atom. The summed E-state index contributed by atoms with van der Waals surface area (Å²) < 4.78 is 0. The van der Waals surface area contributed by atoms with Crippen LogP contribution in [0.1, 0.15) is 39.5 Å². The van der Waals surface area contributed by atoms with E-state index in [0.29, 0.717) is 25.9 Å². The van der Waals surface area contributed by atoms with Crippen LogP contribution >= 0.6 is 0 Å². The Morgan fingerprint density at radius 2 is 2.10 bits per heavy atom. The second-order valence-electron chi connectivity index (χ2n) is 6.76. The lowest BCUT2D eigenvalue weighted by Gasteiger charge is -2.25. The van der Waals surface area contributed by atoms with E-state index in [0.717, 1.165) is 12.8 Å². The van der Waals surface area contributed by atoms with Crippen LogP contribution in [0.4, 0.5) is 4.79 Å². The van der Waals surface area contributed by atoms with Crippen molar-refractivity contribution >= 4 is 17.8 Å². The van der Waals surface area contributed by atoms with Crippen molar-refractivity contribution in [3.8, 4) is 0 Å². The molecule has 4 amide bonds. The summed E-state index contributed by atoms with van der Waals surface area (Å²) in [5.74, 6) is -0.294. The van der Waals surface area contributed by atoms with Crippen LogP contribution in [0.5, 0.6) is 0 Å². The highest BCUT2D eigenvalue weighted by atomic mass is 16.2. The van der Waals surface area contributed by atoms with Crippen LogP contribution in [0.3, 0.4) is 0 Å². The topological polar surface area (TPSA) is 105 Å². The molecule has 1 unspecified atom stereocenters. The van der Waals surface area contributed by atoms with Crippen molar-refractivity contribution in [3.05, 3.63) is 0 Å². The minimum Gasteiger partial charge on any atom is -0.340 e. The van der Waals surface area contributed by atoms with Crippen molar-refractivity contribution in [3.63, 3.8) is 0 Å². The molecule has 2 saturated heterocycles. The van der Waals surface area contributed by atoms with E-state index in [1.807, 2.05) is 0 Å². The molecule has 4 N–H and O–H groups in total. The van der Waals surface area contributed by atoms with Crippen molar-refractivity contribution in [2.24, 2.45) is 11.1 Å². The fraction of sp³-hybridized carbons (Fsp3) is 0.786. The highest BCUT2D eigenvalue weighted by molar-refractivity contribution is 6.07. The predicted octanol–water partition coefficient (Wildman–Crippen LogP) is -0.0479. The lowest BCUT2D eigenvalue weighted by Crippen LogP contribution is -2.49. The van der Waals surface area contributed by atoms with E-state index in [1.54, 1.807) is 4.90 Å². The number of nitrogens with two attached hydrogens (primary N) is 1. The zero-order valence-electron chi connectivity index (χ0n) is 12.7. The van der Waals surface area contributed by atoms with Gasteiger partial charge in [-0.05, 0) is 31.2 Å². The molecule has 0 aromatic carbocycles. The summed E-state index contributed by atoms with van der Waals surface area (Å²) in [5, 5.41) is 4.89. The Labute approximate surface area is 124 Å². The third-order valence-corrected chi connectivity index (χ3v) is 4.47. The van der Waals surface area contributed by atoms with E-state index in [1.165, 1.54) is 0 Å². The Morgan fingerprint density at radius 3 is 2.67 bits per heavy atom. The van der Waals surface area contributed by atoms with Gasteiger partial charge in [-0.15, -0.1) is 0 Å². The number of carbonyl (C=O) groups excluding carboxylic acids is 3. The zero-order chi connectivity index (χ0) is 15.7. The van der Waals surface area contributed by atoms with E-state index >= 15 is 0 Å². The van der Waals surface area contributed by atoms with Crippen LogP contribution in [0.25, 0.3) is 0 Å². The molecular formula is C14H24N4O3. The lowest BCUT2D eigenvalue weighted by molar-refractivity contribution is -0.131. The number of amides is 4. The number of carbonyl (C=O) groups is 3. The number of hydrogen-bond acceptors (Lipinski definition) is 4. The van der Waals surface area contributed by atoms with Crippen molar-refractivity contribution in [1.29, 1.82) is 0 Å². The van der Waals surface area contributed by atoms with Gasteiger partial charge < -0.3 is 16.0 Å². The third-order valence-electron chi connectivity index (χ3n) is 4.47. The summed E-state index contributed by atoms with van der Waals surface area (Å²) in [6, 6.07) is -0.474. The quantitative estimate of drug-likeness (QED) is 0.619. The molecule has 0 aliphatic carbocycles. The first-order valence-corrected chi connectivity index (χ1v) is 7.39. The summed E-state index contributed by atoms with van der Waals surface area (Å²) >= 11 is 0. The summed E-state index contributed by atoms with van der Waals surface area (Å²) in [6.45, 7) is 5.58. The van der Waals surface area contributed by atoms with Crippen LogP contribution in [0.15, 0.2) is 0 Å². The van der Waals surface area contributed by atoms with E-state index in [-0.39, 0.29) is 23.8 Å². The Hall–Kier alpha value is -1.63. The second kappa shape index (κ2) is 5.63. The molecular weight excluding hydrogens is 272 g/mol. The number of rotatable bonds is 5. The monoisotopic (exact) mass is 296 g/mol. The normalized spacial score (nSPS) is 25.4. The number of nitrogens with one attached hydrogen (secondary N) is 2. The van der Waals surface area contributed by atoms with Gasteiger partial charge in [0.25, 0.3) is 5.91 Å². The SMILES string of the molecule is CC(C)(CCN)CCC(=O)N1CCC2(C1)NC(=O)NC2=O. The third kappa shape index (κ3) is 3.34. The molecule has 0 bridgehead atoms. The van der Waals surface area contributed by atoms with Crippen LogP contribution < -0.4 is 16.4 Å². The number of hydrogen-bond donors (Lipinski definition) is 3. The fourth-order valence-corrected chi connectivity index (χ4v) is 2.96. The minimum atomic E-state index is -0.917. The van der Waals surface area contributed by atoms with Gasteiger partial charge in [-0.2, -0.15) is 0 Å². The Bertz CT molecular complexity index is 463. The maximum atomic E-state index is 12.3. The first kappa shape index (κ1) is 15.8. The van der Waals surface area contributed by atoms with Crippen molar-refractivity contribution < 1.29 is 14.4 Å². The number of nitrogens with zero attached hydrogens (tertiary/aromatic N) is 1. The van der Waals surface area contributed by atoms with Crippen LogP contribution in [0, 0.1) is 5.41 Å². The smallest absolute Gasteiger partial charge is 0.322 e. The molecule has 0 aromatic rings. The molecule has 1 spiro atoms. The molecule has 0 saturated carbocycles. The van der Waals surface area contributed by atoms with Crippen molar-refractivity contribution in [2.75, 3.05) is 19.6 Å². The number of imide groups is 1. The molecule has 1 atom stereocenters. The fourth-order valence-electron chi connectivity index (χ4n) is 2.96. The molecule has 7 nitrogen and oxygen atoms in total. The van der Waals surface area contributed by atoms with Gasteiger partial charge in [-0.3, -0.25) is 14.9 Å². The average Bonchev–Trinajstić information content (AvgIpc) is 2.92. The summed E-state index contributed by atoms with van der Waals surface area (Å²) in [7, 11) is 0. The first-order chi connectivity index (χ1) is 9.78. The molecule has 2 fully saturated rings. The predicted molar refractivity (Wildman–Crippen MR) is 77.3 cm³/mol. The van der Waals surface area contributed by atoms with Gasteiger partial charge in [0.05, 0.1) is 6.54 Å². The van der Waals surface area contributed by atoms with Gasteiger partial charge in [-0.25, -0.2) is 4.79 Å². The Balaban J connectivity index is 1.88. The maximum Gasteiger partial charge on any atom is 0.322 e. The van der Waals surface area contributed by atoms with Crippen LogP contribution in [-0.2, 0) is 9.59 Å². The molecule has 0 aromatic heterocycles. The summed E-state index contributed by atoms with van der Waals surface area (Å²) in [4.78, 5) is 37.0.